The molecule has 3 aromatic heterocycles. The average molecular weight is 556 g/mol. The van der Waals surface area contributed by atoms with E-state index < -0.39 is 0 Å². The highest BCUT2D eigenvalue weighted by Crippen LogP contribution is 2.34. The van der Waals surface area contributed by atoms with Crippen LogP contribution in [-0.2, 0) is 32.4 Å². The van der Waals surface area contributed by atoms with Crippen LogP contribution >= 0.6 is 0 Å². The number of hydrogen-bond acceptors (Lipinski definition) is 5. The van der Waals surface area contributed by atoms with Crippen molar-refractivity contribution >= 4 is 11.7 Å². The summed E-state index contributed by atoms with van der Waals surface area (Å²) in [5.41, 5.74) is 11.5. The normalized spacial score (nSPS) is 14.0. The summed E-state index contributed by atoms with van der Waals surface area (Å²) in [7, 11) is 0. The Bertz CT molecular complexity index is 1790. The summed E-state index contributed by atoms with van der Waals surface area (Å²) in [6.07, 6.45) is 9.21. The number of anilines is 1. The van der Waals surface area contributed by atoms with Crippen molar-refractivity contribution in [1.82, 2.24) is 29.6 Å². The Balaban J connectivity index is 1.20. The summed E-state index contributed by atoms with van der Waals surface area (Å²) in [6, 6.07) is 18.4. The number of amides is 2. The number of urea groups is 1. The zero-order chi connectivity index (χ0) is 28.6. The van der Waals surface area contributed by atoms with Gasteiger partial charge in [-0.05, 0) is 67.1 Å². The Hall–Kier alpha value is -4.85. The molecule has 7 rings (SSSR count). The van der Waals surface area contributed by atoms with Gasteiger partial charge in [-0.2, -0.15) is 5.10 Å². The zero-order valence-corrected chi connectivity index (χ0v) is 24.0. The quantitative estimate of drug-likeness (QED) is 0.268. The lowest BCUT2D eigenvalue weighted by Gasteiger charge is -2.30. The molecule has 0 spiro atoms. The first-order valence-corrected chi connectivity index (χ1v) is 14.7. The standard InChI is InChI=1S/C34H33N7O/c1-3-23-16-25(28-20-36-41-14-7-11-31(28)41)18-26(17-23)37-34(42)40-15-12-30-29(21-40)32(27-10-5-4-8-22(27)2)39-33(38-30)24-9-6-13-35-19-24/h4-6,8-10,13,16-20H,3,7,11-12,14-15,21H2,1-2H3,(H,37,42). The van der Waals surface area contributed by atoms with Crippen molar-refractivity contribution in [2.24, 2.45) is 0 Å². The highest BCUT2D eigenvalue weighted by atomic mass is 16.2. The molecule has 2 amide bonds. The minimum Gasteiger partial charge on any atom is -0.320 e. The maximum absolute atomic E-state index is 13.7. The van der Waals surface area contributed by atoms with E-state index in [1.54, 1.807) is 12.4 Å². The van der Waals surface area contributed by atoms with Gasteiger partial charge in [0.05, 0.1) is 24.1 Å². The van der Waals surface area contributed by atoms with Gasteiger partial charge in [-0.3, -0.25) is 9.67 Å². The minimum atomic E-state index is -0.118. The number of hydrogen-bond donors (Lipinski definition) is 1. The molecule has 2 aliphatic heterocycles. The molecule has 8 nitrogen and oxygen atoms in total. The second-order valence-corrected chi connectivity index (χ2v) is 11.1. The van der Waals surface area contributed by atoms with Gasteiger partial charge in [-0.1, -0.05) is 37.3 Å². The number of pyridine rings is 1. The lowest BCUT2D eigenvalue weighted by Crippen LogP contribution is -2.39. The molecule has 2 aliphatic rings. The van der Waals surface area contributed by atoms with Crippen molar-refractivity contribution in [3.05, 3.63) is 101 Å². The molecule has 0 unspecified atom stereocenters. The summed E-state index contributed by atoms with van der Waals surface area (Å²) < 4.78 is 2.10. The van der Waals surface area contributed by atoms with Gasteiger partial charge in [0.2, 0.25) is 0 Å². The van der Waals surface area contributed by atoms with Crippen molar-refractivity contribution < 1.29 is 4.79 Å². The van der Waals surface area contributed by atoms with E-state index >= 15 is 0 Å². The zero-order valence-electron chi connectivity index (χ0n) is 24.0. The van der Waals surface area contributed by atoms with E-state index in [4.69, 9.17) is 9.97 Å². The summed E-state index contributed by atoms with van der Waals surface area (Å²) in [6.45, 7) is 6.22. The van der Waals surface area contributed by atoms with Crippen LogP contribution in [0.3, 0.4) is 0 Å². The van der Waals surface area contributed by atoms with Crippen LogP contribution < -0.4 is 5.32 Å². The number of aromatic nitrogens is 5. The van der Waals surface area contributed by atoms with Crippen LogP contribution in [0.2, 0.25) is 0 Å². The van der Waals surface area contributed by atoms with Crippen LogP contribution in [0.4, 0.5) is 10.5 Å². The van der Waals surface area contributed by atoms with Gasteiger partial charge in [-0.15, -0.1) is 0 Å². The summed E-state index contributed by atoms with van der Waals surface area (Å²) in [5, 5.41) is 7.79. The molecule has 5 heterocycles. The molecule has 0 atom stereocenters. The lowest BCUT2D eigenvalue weighted by atomic mass is 9.96. The van der Waals surface area contributed by atoms with Gasteiger partial charge in [0.1, 0.15) is 0 Å². The molecule has 2 aromatic carbocycles. The van der Waals surface area contributed by atoms with Crippen LogP contribution in [-0.4, -0.2) is 42.2 Å². The molecule has 8 heteroatoms. The van der Waals surface area contributed by atoms with Crippen LogP contribution in [0, 0.1) is 6.92 Å². The molecule has 210 valence electrons. The van der Waals surface area contributed by atoms with E-state index in [2.05, 4.69) is 64.3 Å². The third kappa shape index (κ3) is 4.83. The predicted octanol–water partition coefficient (Wildman–Crippen LogP) is 6.48. The Kier molecular flexibility index (Phi) is 6.74. The SMILES string of the molecule is CCc1cc(NC(=O)N2CCc3nc(-c4cccnc4)nc(-c4ccccc4C)c3C2)cc(-c2cnn3c2CCC3)c1. The van der Waals surface area contributed by atoms with Crippen molar-refractivity contribution in [3.8, 4) is 33.8 Å². The van der Waals surface area contributed by atoms with E-state index in [1.165, 1.54) is 11.3 Å². The fourth-order valence-electron chi connectivity index (χ4n) is 6.10. The van der Waals surface area contributed by atoms with Crippen molar-refractivity contribution in [2.45, 2.75) is 52.6 Å². The number of carbonyl (C=O) groups excluding carboxylic acids is 1. The molecule has 5 aromatic rings. The van der Waals surface area contributed by atoms with E-state index in [1.807, 2.05) is 35.4 Å². The molecule has 0 aliphatic carbocycles. The number of nitrogens with one attached hydrogen (secondary N) is 1. The Morgan fingerprint density at radius 1 is 0.952 bits per heavy atom. The van der Waals surface area contributed by atoms with Gasteiger partial charge < -0.3 is 10.2 Å². The van der Waals surface area contributed by atoms with E-state index in [0.29, 0.717) is 25.3 Å². The molecule has 1 N–H and O–H groups in total. The molecular weight excluding hydrogens is 522 g/mol. The fourth-order valence-corrected chi connectivity index (χ4v) is 6.10. The molecule has 0 bridgehead atoms. The topological polar surface area (TPSA) is 88.8 Å². The minimum absolute atomic E-state index is 0.118. The van der Waals surface area contributed by atoms with Gasteiger partial charge in [0, 0.05) is 65.5 Å². The molecule has 0 radical (unpaired) electrons. The lowest BCUT2D eigenvalue weighted by molar-refractivity contribution is 0.206. The van der Waals surface area contributed by atoms with Gasteiger partial charge >= 0.3 is 6.03 Å². The van der Waals surface area contributed by atoms with Crippen LogP contribution in [0.5, 0.6) is 0 Å². The molecule has 0 saturated carbocycles. The number of rotatable bonds is 5. The Morgan fingerprint density at radius 3 is 2.69 bits per heavy atom. The third-order valence-electron chi connectivity index (χ3n) is 8.36. The Labute approximate surface area is 245 Å². The van der Waals surface area contributed by atoms with Crippen LogP contribution in [0.25, 0.3) is 33.8 Å². The van der Waals surface area contributed by atoms with E-state index in [-0.39, 0.29) is 6.03 Å². The first-order valence-electron chi connectivity index (χ1n) is 14.7. The predicted molar refractivity (Wildman–Crippen MR) is 164 cm³/mol. The second kappa shape index (κ2) is 10.9. The molecule has 0 saturated heterocycles. The maximum Gasteiger partial charge on any atom is 0.322 e. The molecule has 0 fully saturated rings. The fraction of sp³-hybridized carbons (Fsp3) is 0.265. The highest BCUT2D eigenvalue weighted by Gasteiger charge is 2.27. The number of aryl methyl sites for hydroxylation is 3. The summed E-state index contributed by atoms with van der Waals surface area (Å²) in [5.74, 6) is 0.661. The van der Waals surface area contributed by atoms with Crippen molar-refractivity contribution in [1.29, 1.82) is 0 Å². The highest BCUT2D eigenvalue weighted by molar-refractivity contribution is 5.91. The number of fused-ring (bicyclic) bond motifs is 2. The van der Waals surface area contributed by atoms with Crippen LogP contribution in [0.15, 0.2) is 73.2 Å². The van der Waals surface area contributed by atoms with Crippen molar-refractivity contribution in [3.63, 3.8) is 0 Å². The van der Waals surface area contributed by atoms with E-state index in [9.17, 15) is 4.79 Å². The number of carbonyl (C=O) groups is 1. The van der Waals surface area contributed by atoms with Gasteiger partial charge in [0.15, 0.2) is 5.82 Å². The largest absolute Gasteiger partial charge is 0.322 e. The smallest absolute Gasteiger partial charge is 0.320 e. The van der Waals surface area contributed by atoms with Crippen LogP contribution in [0.1, 0.15) is 41.4 Å². The number of nitrogens with zero attached hydrogens (tertiary/aromatic N) is 6. The second-order valence-electron chi connectivity index (χ2n) is 11.1. The average Bonchev–Trinajstić information content (AvgIpc) is 3.65. The Morgan fingerprint density at radius 2 is 1.86 bits per heavy atom. The molecular formula is C34H33N7O. The molecule has 42 heavy (non-hydrogen) atoms. The first kappa shape index (κ1) is 26.1. The monoisotopic (exact) mass is 555 g/mol. The first-order chi connectivity index (χ1) is 20.6. The maximum atomic E-state index is 13.7. The third-order valence-corrected chi connectivity index (χ3v) is 8.36. The van der Waals surface area contributed by atoms with E-state index in [0.717, 1.165) is 76.3 Å². The number of benzene rings is 2. The summed E-state index contributed by atoms with van der Waals surface area (Å²) in [4.78, 5) is 29.8. The van der Waals surface area contributed by atoms with Gasteiger partial charge in [0.25, 0.3) is 0 Å². The van der Waals surface area contributed by atoms with Gasteiger partial charge in [-0.25, -0.2) is 14.8 Å². The van der Waals surface area contributed by atoms with Crippen molar-refractivity contribution in [2.75, 3.05) is 11.9 Å². The summed E-state index contributed by atoms with van der Waals surface area (Å²) >= 11 is 0.